The Balaban J connectivity index is 1.57. The maximum absolute atomic E-state index is 5.88. The molecule has 110 valence electrons. The highest BCUT2D eigenvalue weighted by Gasteiger charge is 2.26. The summed E-state index contributed by atoms with van der Waals surface area (Å²) in [4.78, 5) is 5.16. The molecule has 2 saturated heterocycles. The van der Waals surface area contributed by atoms with Crippen LogP contribution in [-0.2, 0) is 11.3 Å². The highest BCUT2D eigenvalue weighted by atomic mass is 16.5. The van der Waals surface area contributed by atoms with Crippen molar-refractivity contribution in [2.24, 2.45) is 0 Å². The number of morpholine rings is 1. The minimum absolute atomic E-state index is 0.689. The predicted molar refractivity (Wildman–Crippen MR) is 81.5 cm³/mol. The van der Waals surface area contributed by atoms with Crippen LogP contribution in [0.4, 0.5) is 5.69 Å². The average molecular weight is 275 g/mol. The number of rotatable bonds is 4. The van der Waals surface area contributed by atoms with Crippen molar-refractivity contribution >= 4 is 5.69 Å². The monoisotopic (exact) mass is 275 g/mol. The van der Waals surface area contributed by atoms with Crippen LogP contribution in [-0.4, -0.2) is 55.2 Å². The minimum atomic E-state index is 0.689. The lowest BCUT2D eigenvalue weighted by Crippen LogP contribution is -2.44. The normalized spacial score (nSPS) is 25.1. The Bertz CT molecular complexity index is 431. The van der Waals surface area contributed by atoms with Gasteiger partial charge < -0.3 is 10.5 Å². The van der Waals surface area contributed by atoms with Crippen molar-refractivity contribution in [1.29, 1.82) is 0 Å². The van der Waals surface area contributed by atoms with Crippen LogP contribution in [0.3, 0.4) is 0 Å². The molecular weight excluding hydrogens is 250 g/mol. The Hall–Kier alpha value is -1.10. The minimum Gasteiger partial charge on any atom is -0.399 e. The molecule has 1 unspecified atom stereocenters. The first-order valence-electron chi connectivity index (χ1n) is 7.70. The van der Waals surface area contributed by atoms with Crippen molar-refractivity contribution in [3.8, 4) is 0 Å². The van der Waals surface area contributed by atoms with Gasteiger partial charge in [0.15, 0.2) is 0 Å². The summed E-state index contributed by atoms with van der Waals surface area (Å²) in [7, 11) is 0. The zero-order valence-electron chi connectivity index (χ0n) is 12.1. The number of nitrogen functional groups attached to an aromatic ring is 1. The van der Waals surface area contributed by atoms with Crippen molar-refractivity contribution in [2.75, 3.05) is 45.1 Å². The second kappa shape index (κ2) is 6.57. The molecule has 1 atom stereocenters. The fraction of sp³-hybridized carbons (Fsp3) is 0.625. The molecule has 0 spiro atoms. The summed E-state index contributed by atoms with van der Waals surface area (Å²) < 4.78 is 5.43. The van der Waals surface area contributed by atoms with Gasteiger partial charge in [0, 0.05) is 37.9 Å². The third-order valence-corrected chi connectivity index (χ3v) is 4.41. The number of hydrogen-bond donors (Lipinski definition) is 1. The van der Waals surface area contributed by atoms with Crippen LogP contribution in [0.2, 0.25) is 0 Å². The summed E-state index contributed by atoms with van der Waals surface area (Å²) >= 11 is 0. The predicted octanol–water partition coefficient (Wildman–Crippen LogP) is 1.57. The van der Waals surface area contributed by atoms with Gasteiger partial charge in [-0.05, 0) is 37.1 Å². The number of nitrogens with two attached hydrogens (primary N) is 1. The molecule has 2 N–H and O–H groups in total. The van der Waals surface area contributed by atoms with Gasteiger partial charge in [0.25, 0.3) is 0 Å². The average Bonchev–Trinajstić information content (AvgIpc) is 2.87. The molecular formula is C16H25N3O. The van der Waals surface area contributed by atoms with Gasteiger partial charge in [-0.25, -0.2) is 0 Å². The van der Waals surface area contributed by atoms with E-state index in [1.807, 2.05) is 6.07 Å². The van der Waals surface area contributed by atoms with E-state index < -0.39 is 0 Å². The van der Waals surface area contributed by atoms with Gasteiger partial charge in [0.05, 0.1) is 13.2 Å². The first-order valence-corrected chi connectivity index (χ1v) is 7.70. The number of nitrogens with zero attached hydrogens (tertiary/aromatic N) is 2. The van der Waals surface area contributed by atoms with E-state index >= 15 is 0 Å². The molecule has 0 amide bonds. The van der Waals surface area contributed by atoms with E-state index in [0.717, 1.165) is 38.5 Å². The standard InChI is InChI=1S/C16H25N3O/c17-15-4-1-3-14(11-15)12-19-6-2-5-16(19)13-18-7-9-20-10-8-18/h1,3-4,11,16H,2,5-10,12-13,17H2. The SMILES string of the molecule is Nc1cccc(CN2CCCC2CN2CCOCC2)c1. The van der Waals surface area contributed by atoms with Gasteiger partial charge in [-0.2, -0.15) is 0 Å². The third kappa shape index (κ3) is 3.51. The molecule has 0 bridgehead atoms. The van der Waals surface area contributed by atoms with E-state index in [4.69, 9.17) is 10.5 Å². The smallest absolute Gasteiger partial charge is 0.0594 e. The largest absolute Gasteiger partial charge is 0.399 e. The Morgan fingerprint density at radius 1 is 1.20 bits per heavy atom. The summed E-state index contributed by atoms with van der Waals surface area (Å²) in [5.74, 6) is 0. The molecule has 0 aromatic heterocycles. The van der Waals surface area contributed by atoms with Crippen molar-refractivity contribution < 1.29 is 4.74 Å². The summed E-state index contributed by atoms with van der Waals surface area (Å²) in [6.07, 6.45) is 2.64. The van der Waals surface area contributed by atoms with Crippen LogP contribution in [0.1, 0.15) is 18.4 Å². The molecule has 2 heterocycles. The summed E-state index contributed by atoms with van der Waals surface area (Å²) in [5, 5.41) is 0. The fourth-order valence-corrected chi connectivity index (χ4v) is 3.32. The number of anilines is 1. The van der Waals surface area contributed by atoms with Crippen LogP contribution >= 0.6 is 0 Å². The first-order chi connectivity index (χ1) is 9.81. The Morgan fingerprint density at radius 3 is 2.85 bits per heavy atom. The van der Waals surface area contributed by atoms with Crippen LogP contribution in [0.5, 0.6) is 0 Å². The summed E-state index contributed by atoms with van der Waals surface area (Å²) in [6.45, 7) is 7.38. The maximum atomic E-state index is 5.88. The highest BCUT2D eigenvalue weighted by molar-refractivity contribution is 5.40. The molecule has 1 aromatic carbocycles. The van der Waals surface area contributed by atoms with Crippen LogP contribution in [0.15, 0.2) is 24.3 Å². The van der Waals surface area contributed by atoms with E-state index in [0.29, 0.717) is 6.04 Å². The molecule has 4 nitrogen and oxygen atoms in total. The molecule has 0 saturated carbocycles. The van der Waals surface area contributed by atoms with Crippen LogP contribution in [0.25, 0.3) is 0 Å². The van der Waals surface area contributed by atoms with E-state index in [1.165, 1.54) is 31.5 Å². The lowest BCUT2D eigenvalue weighted by molar-refractivity contribution is 0.0262. The molecule has 20 heavy (non-hydrogen) atoms. The Kier molecular flexibility index (Phi) is 4.55. The van der Waals surface area contributed by atoms with Gasteiger partial charge >= 0.3 is 0 Å². The maximum Gasteiger partial charge on any atom is 0.0594 e. The second-order valence-corrected chi connectivity index (χ2v) is 5.92. The number of ether oxygens (including phenoxy) is 1. The zero-order chi connectivity index (χ0) is 13.8. The lowest BCUT2D eigenvalue weighted by atomic mass is 10.1. The van der Waals surface area contributed by atoms with Gasteiger partial charge in [-0.15, -0.1) is 0 Å². The van der Waals surface area contributed by atoms with E-state index in [-0.39, 0.29) is 0 Å². The lowest BCUT2D eigenvalue weighted by Gasteiger charge is -2.33. The molecule has 1 aromatic rings. The second-order valence-electron chi connectivity index (χ2n) is 5.92. The molecule has 0 radical (unpaired) electrons. The third-order valence-electron chi connectivity index (χ3n) is 4.41. The van der Waals surface area contributed by atoms with Crippen LogP contribution in [0, 0.1) is 0 Å². The molecule has 3 rings (SSSR count). The van der Waals surface area contributed by atoms with Gasteiger partial charge in [-0.3, -0.25) is 9.80 Å². The van der Waals surface area contributed by atoms with Crippen molar-refractivity contribution in [3.63, 3.8) is 0 Å². The fourth-order valence-electron chi connectivity index (χ4n) is 3.32. The zero-order valence-corrected chi connectivity index (χ0v) is 12.1. The molecule has 4 heteroatoms. The van der Waals surface area contributed by atoms with Crippen LogP contribution < -0.4 is 5.73 Å². The molecule has 2 aliphatic heterocycles. The summed E-state index contributed by atoms with van der Waals surface area (Å²) in [6, 6.07) is 8.98. The molecule has 2 fully saturated rings. The van der Waals surface area contributed by atoms with Crippen molar-refractivity contribution in [2.45, 2.75) is 25.4 Å². The first kappa shape index (κ1) is 13.9. The Labute approximate surface area is 121 Å². The summed E-state index contributed by atoms with van der Waals surface area (Å²) in [5.41, 5.74) is 8.08. The topological polar surface area (TPSA) is 41.7 Å². The van der Waals surface area contributed by atoms with Gasteiger partial charge in [-0.1, -0.05) is 12.1 Å². The Morgan fingerprint density at radius 2 is 2.05 bits per heavy atom. The molecule has 0 aliphatic carbocycles. The number of likely N-dealkylation sites (tertiary alicyclic amines) is 1. The van der Waals surface area contributed by atoms with E-state index in [2.05, 4.69) is 28.0 Å². The van der Waals surface area contributed by atoms with Crippen molar-refractivity contribution in [1.82, 2.24) is 9.80 Å². The van der Waals surface area contributed by atoms with Gasteiger partial charge in [0.2, 0.25) is 0 Å². The molecule has 2 aliphatic rings. The number of hydrogen-bond acceptors (Lipinski definition) is 4. The van der Waals surface area contributed by atoms with Crippen molar-refractivity contribution in [3.05, 3.63) is 29.8 Å². The van der Waals surface area contributed by atoms with E-state index in [9.17, 15) is 0 Å². The quantitative estimate of drug-likeness (QED) is 0.847. The van der Waals surface area contributed by atoms with E-state index in [1.54, 1.807) is 0 Å². The number of benzene rings is 1. The highest BCUT2D eigenvalue weighted by Crippen LogP contribution is 2.22. The van der Waals surface area contributed by atoms with Gasteiger partial charge in [0.1, 0.15) is 0 Å².